The van der Waals surface area contributed by atoms with Crippen molar-refractivity contribution < 1.29 is 19.2 Å². The second-order valence-corrected chi connectivity index (χ2v) is 7.40. The third-order valence-corrected chi connectivity index (χ3v) is 5.47. The van der Waals surface area contributed by atoms with Crippen LogP contribution in [0.1, 0.15) is 45.2 Å². The Kier molecular flexibility index (Phi) is 6.49. The van der Waals surface area contributed by atoms with Crippen LogP contribution >= 0.6 is 0 Å². The molecule has 1 unspecified atom stereocenters. The van der Waals surface area contributed by atoms with Crippen molar-refractivity contribution in [1.82, 2.24) is 5.32 Å². The molecule has 1 heterocycles. The van der Waals surface area contributed by atoms with Gasteiger partial charge in [0.25, 0.3) is 5.91 Å². The minimum atomic E-state index is -0.844. The highest BCUT2D eigenvalue weighted by Crippen LogP contribution is 2.31. The summed E-state index contributed by atoms with van der Waals surface area (Å²) < 4.78 is 10.8. The van der Waals surface area contributed by atoms with Crippen LogP contribution < -0.4 is 19.7 Å². The van der Waals surface area contributed by atoms with E-state index in [1.807, 2.05) is 32.0 Å². The van der Waals surface area contributed by atoms with Gasteiger partial charge in [0.1, 0.15) is 23.1 Å². The first kappa shape index (κ1) is 20.1. The number of carbonyl (C=O) groups is 1. The standard InChI is InChI=1S/C20H29N3O3/c1-14(2)20(3,13-21)22-19(24)12-23-10-6-7-17(23)16-9-8-15(25-4)11-18(16)26-5/h8-9,11,14,17H,6-7,10,12H2,1-5H3,(H,22,24)/p+1/t17-,20-/m1/s1. The maximum absolute atomic E-state index is 12.6. The topological polar surface area (TPSA) is 75.8 Å². The van der Waals surface area contributed by atoms with Gasteiger partial charge in [-0.05, 0) is 25.0 Å². The van der Waals surface area contributed by atoms with Gasteiger partial charge in [0.2, 0.25) is 0 Å². The van der Waals surface area contributed by atoms with Crippen molar-refractivity contribution >= 4 is 5.91 Å². The van der Waals surface area contributed by atoms with Crippen molar-refractivity contribution in [3.63, 3.8) is 0 Å². The number of benzene rings is 1. The van der Waals surface area contributed by atoms with E-state index < -0.39 is 5.54 Å². The van der Waals surface area contributed by atoms with Gasteiger partial charge in [-0.2, -0.15) is 5.26 Å². The molecule has 3 atom stereocenters. The lowest BCUT2D eigenvalue weighted by molar-refractivity contribution is -0.910. The molecule has 0 aromatic heterocycles. The second kappa shape index (κ2) is 8.41. The number of likely N-dealkylation sites (tertiary alicyclic amines) is 1. The van der Waals surface area contributed by atoms with Gasteiger partial charge in [-0.25, -0.2) is 0 Å². The predicted octanol–water partition coefficient (Wildman–Crippen LogP) is 1.48. The molecule has 0 spiro atoms. The number of hydrogen-bond acceptors (Lipinski definition) is 4. The fourth-order valence-corrected chi connectivity index (χ4v) is 3.45. The van der Waals surface area contributed by atoms with Crippen LogP contribution in [0, 0.1) is 17.2 Å². The van der Waals surface area contributed by atoms with Gasteiger partial charge in [-0.1, -0.05) is 13.8 Å². The van der Waals surface area contributed by atoms with E-state index in [1.54, 1.807) is 21.1 Å². The summed E-state index contributed by atoms with van der Waals surface area (Å²) in [7, 11) is 3.29. The van der Waals surface area contributed by atoms with Crippen LogP contribution in [-0.4, -0.2) is 38.8 Å². The first-order valence-corrected chi connectivity index (χ1v) is 9.13. The van der Waals surface area contributed by atoms with E-state index in [-0.39, 0.29) is 17.9 Å². The molecule has 1 aliphatic rings. The number of nitriles is 1. The maximum Gasteiger partial charge on any atom is 0.276 e. The largest absolute Gasteiger partial charge is 0.497 e. The van der Waals surface area contributed by atoms with E-state index in [4.69, 9.17) is 9.47 Å². The average Bonchev–Trinajstić information content (AvgIpc) is 3.08. The molecule has 1 aliphatic heterocycles. The Morgan fingerprint density at radius 3 is 2.73 bits per heavy atom. The van der Waals surface area contributed by atoms with Crippen LogP contribution in [0.15, 0.2) is 18.2 Å². The summed E-state index contributed by atoms with van der Waals surface area (Å²) in [6.07, 6.45) is 2.06. The lowest BCUT2D eigenvalue weighted by atomic mass is 9.90. The number of ether oxygens (including phenoxy) is 2. The Bertz CT molecular complexity index is 683. The van der Waals surface area contributed by atoms with Crippen LogP contribution in [0.25, 0.3) is 0 Å². The molecule has 6 nitrogen and oxygen atoms in total. The van der Waals surface area contributed by atoms with E-state index in [1.165, 1.54) is 4.90 Å². The molecular weight excluding hydrogens is 330 g/mol. The first-order chi connectivity index (χ1) is 12.3. The SMILES string of the molecule is COc1ccc([C@H]2CCC[NH+]2CC(=O)N[C@](C)(C#N)C(C)C)c(OC)c1. The Labute approximate surface area is 156 Å². The quantitative estimate of drug-likeness (QED) is 0.772. The van der Waals surface area contributed by atoms with Crippen molar-refractivity contribution in [3.05, 3.63) is 23.8 Å². The fraction of sp³-hybridized carbons (Fsp3) is 0.600. The summed E-state index contributed by atoms with van der Waals surface area (Å²) in [4.78, 5) is 13.8. The summed E-state index contributed by atoms with van der Waals surface area (Å²) in [6, 6.07) is 8.28. The molecule has 1 aromatic rings. The molecule has 1 aromatic carbocycles. The Morgan fingerprint density at radius 1 is 1.42 bits per heavy atom. The number of hydrogen-bond donors (Lipinski definition) is 2. The normalized spacial score (nSPS) is 21.7. The summed E-state index contributed by atoms with van der Waals surface area (Å²) >= 11 is 0. The van der Waals surface area contributed by atoms with Crippen molar-refractivity contribution in [2.75, 3.05) is 27.3 Å². The van der Waals surface area contributed by atoms with E-state index in [0.717, 1.165) is 36.4 Å². The number of methoxy groups -OCH3 is 2. The molecule has 1 fully saturated rings. The van der Waals surface area contributed by atoms with Crippen LogP contribution in [0.4, 0.5) is 0 Å². The van der Waals surface area contributed by atoms with E-state index in [0.29, 0.717) is 6.54 Å². The maximum atomic E-state index is 12.6. The summed E-state index contributed by atoms with van der Waals surface area (Å²) in [6.45, 7) is 6.94. The second-order valence-electron chi connectivity index (χ2n) is 7.40. The zero-order valence-electron chi connectivity index (χ0n) is 16.4. The van der Waals surface area contributed by atoms with E-state index in [2.05, 4.69) is 11.4 Å². The number of nitrogens with one attached hydrogen (secondary N) is 2. The van der Waals surface area contributed by atoms with Crippen molar-refractivity contribution in [2.45, 2.75) is 45.2 Å². The van der Waals surface area contributed by atoms with Crippen LogP contribution in [-0.2, 0) is 4.79 Å². The number of nitrogens with zero attached hydrogens (tertiary/aromatic N) is 1. The highest BCUT2D eigenvalue weighted by Gasteiger charge is 2.36. The third-order valence-electron chi connectivity index (χ3n) is 5.47. The summed E-state index contributed by atoms with van der Waals surface area (Å²) in [5.41, 5.74) is 0.254. The van der Waals surface area contributed by atoms with Gasteiger partial charge < -0.3 is 19.7 Å². The highest BCUT2D eigenvalue weighted by molar-refractivity contribution is 5.78. The Morgan fingerprint density at radius 2 is 2.15 bits per heavy atom. The highest BCUT2D eigenvalue weighted by atomic mass is 16.5. The van der Waals surface area contributed by atoms with Crippen LogP contribution in [0.5, 0.6) is 11.5 Å². The zero-order valence-corrected chi connectivity index (χ0v) is 16.4. The van der Waals surface area contributed by atoms with Crippen LogP contribution in [0.2, 0.25) is 0 Å². The average molecular weight is 360 g/mol. The van der Waals surface area contributed by atoms with Crippen molar-refractivity contribution in [2.24, 2.45) is 5.92 Å². The fourth-order valence-electron chi connectivity index (χ4n) is 3.45. The molecule has 26 heavy (non-hydrogen) atoms. The molecule has 6 heteroatoms. The van der Waals surface area contributed by atoms with Gasteiger partial charge in [-0.3, -0.25) is 4.79 Å². The Balaban J connectivity index is 2.14. The van der Waals surface area contributed by atoms with Crippen molar-refractivity contribution in [1.29, 1.82) is 5.26 Å². The van der Waals surface area contributed by atoms with Crippen LogP contribution in [0.3, 0.4) is 0 Å². The van der Waals surface area contributed by atoms with Gasteiger partial charge >= 0.3 is 0 Å². The van der Waals surface area contributed by atoms with Crippen molar-refractivity contribution in [3.8, 4) is 17.6 Å². The lowest BCUT2D eigenvalue weighted by Crippen LogP contribution is -3.11. The smallest absolute Gasteiger partial charge is 0.276 e. The van der Waals surface area contributed by atoms with Gasteiger partial charge in [0.15, 0.2) is 6.54 Å². The summed E-state index contributed by atoms with van der Waals surface area (Å²) in [5.74, 6) is 1.50. The predicted molar refractivity (Wildman–Crippen MR) is 99.2 cm³/mol. The van der Waals surface area contributed by atoms with E-state index >= 15 is 0 Å². The Hall–Kier alpha value is -2.26. The number of carbonyl (C=O) groups excluding carboxylic acids is 1. The molecule has 2 N–H and O–H groups in total. The zero-order chi connectivity index (χ0) is 19.3. The molecule has 2 rings (SSSR count). The molecule has 0 radical (unpaired) electrons. The minimum Gasteiger partial charge on any atom is -0.497 e. The molecule has 0 aliphatic carbocycles. The molecular formula is C20H30N3O3+. The molecule has 1 saturated heterocycles. The lowest BCUT2D eigenvalue weighted by Gasteiger charge is -2.29. The third kappa shape index (κ3) is 4.28. The first-order valence-electron chi connectivity index (χ1n) is 9.13. The molecule has 1 amide bonds. The number of amides is 1. The van der Waals surface area contributed by atoms with Gasteiger partial charge in [0, 0.05) is 18.9 Å². The monoisotopic (exact) mass is 360 g/mol. The number of rotatable bonds is 7. The molecule has 142 valence electrons. The van der Waals surface area contributed by atoms with Gasteiger partial charge in [0.05, 0.1) is 32.4 Å². The summed E-state index contributed by atoms with van der Waals surface area (Å²) in [5, 5.41) is 12.3. The van der Waals surface area contributed by atoms with E-state index in [9.17, 15) is 10.1 Å². The van der Waals surface area contributed by atoms with Gasteiger partial charge in [-0.15, -0.1) is 0 Å². The molecule has 0 saturated carbocycles. The molecule has 0 bridgehead atoms. The minimum absolute atomic E-state index is 0.0440. The number of quaternary nitrogens is 1.